The number of nitrogens with one attached hydrogen (secondary N) is 1. The Kier molecular flexibility index (Phi) is 3.71. The second kappa shape index (κ2) is 5.66. The van der Waals surface area contributed by atoms with E-state index in [4.69, 9.17) is 4.74 Å². The van der Waals surface area contributed by atoms with Gasteiger partial charge in [-0.1, -0.05) is 18.2 Å². The predicted molar refractivity (Wildman–Crippen MR) is 80.9 cm³/mol. The number of phenolic OH excluding ortho intramolecular Hbond substituents is 2. The molecule has 0 saturated carbocycles. The van der Waals surface area contributed by atoms with E-state index in [0.29, 0.717) is 12.0 Å². The second-order valence-corrected chi connectivity index (χ2v) is 5.41. The molecule has 3 N–H and O–H groups in total. The maximum atomic E-state index is 9.62. The van der Waals surface area contributed by atoms with Crippen LogP contribution in [0.5, 0.6) is 17.2 Å². The summed E-state index contributed by atoms with van der Waals surface area (Å²) in [5, 5.41) is 22.5. The van der Waals surface area contributed by atoms with Crippen molar-refractivity contribution in [2.24, 2.45) is 0 Å². The minimum Gasteiger partial charge on any atom is -0.504 e. The van der Waals surface area contributed by atoms with Crippen LogP contribution in [-0.2, 0) is 0 Å². The summed E-state index contributed by atoms with van der Waals surface area (Å²) in [7, 11) is 1.66. The van der Waals surface area contributed by atoms with E-state index >= 15 is 0 Å². The van der Waals surface area contributed by atoms with Gasteiger partial charge in [0.05, 0.1) is 7.11 Å². The Bertz CT molecular complexity index is 624. The van der Waals surface area contributed by atoms with E-state index in [1.807, 2.05) is 18.2 Å². The molecule has 0 radical (unpaired) electrons. The van der Waals surface area contributed by atoms with Gasteiger partial charge in [-0.25, -0.2) is 0 Å². The maximum Gasteiger partial charge on any atom is 0.157 e. The highest BCUT2D eigenvalue weighted by molar-refractivity contribution is 5.42. The number of hydrogen-bond donors (Lipinski definition) is 3. The number of methoxy groups -OCH3 is 1. The normalized spacial score (nSPS) is 21.4. The van der Waals surface area contributed by atoms with E-state index in [0.717, 1.165) is 24.3 Å². The Labute approximate surface area is 124 Å². The Morgan fingerprint density at radius 1 is 1.00 bits per heavy atom. The molecular weight excluding hydrogens is 266 g/mol. The van der Waals surface area contributed by atoms with E-state index in [-0.39, 0.29) is 11.5 Å². The average Bonchev–Trinajstić information content (AvgIpc) is 3.00. The first-order valence-corrected chi connectivity index (χ1v) is 7.06. The van der Waals surface area contributed by atoms with E-state index in [9.17, 15) is 10.2 Å². The van der Waals surface area contributed by atoms with Crippen molar-refractivity contribution in [1.29, 1.82) is 0 Å². The monoisotopic (exact) mass is 285 g/mol. The third-order valence-corrected chi connectivity index (χ3v) is 4.12. The molecule has 2 unspecified atom stereocenters. The molecule has 0 spiro atoms. The molecule has 4 nitrogen and oxygen atoms in total. The molecule has 1 aliphatic heterocycles. The highest BCUT2D eigenvalue weighted by Gasteiger charge is 2.26. The molecular formula is C17H19NO3. The van der Waals surface area contributed by atoms with Crippen LogP contribution < -0.4 is 10.1 Å². The number of hydrogen-bond acceptors (Lipinski definition) is 4. The van der Waals surface area contributed by atoms with Crippen molar-refractivity contribution in [3.05, 3.63) is 53.6 Å². The maximum absolute atomic E-state index is 9.62. The molecule has 0 aliphatic carbocycles. The van der Waals surface area contributed by atoms with Gasteiger partial charge in [0.2, 0.25) is 0 Å². The highest BCUT2D eigenvalue weighted by atomic mass is 16.5. The fraction of sp³-hybridized carbons (Fsp3) is 0.294. The fourth-order valence-corrected chi connectivity index (χ4v) is 2.87. The highest BCUT2D eigenvalue weighted by Crippen LogP contribution is 2.37. The lowest BCUT2D eigenvalue weighted by atomic mass is 9.93. The van der Waals surface area contributed by atoms with Crippen molar-refractivity contribution in [1.82, 2.24) is 5.32 Å². The molecule has 21 heavy (non-hydrogen) atoms. The molecule has 1 saturated heterocycles. The molecule has 2 atom stereocenters. The lowest BCUT2D eigenvalue weighted by molar-refractivity contribution is 0.402. The summed E-state index contributed by atoms with van der Waals surface area (Å²) >= 11 is 0. The molecule has 0 amide bonds. The van der Waals surface area contributed by atoms with Crippen LogP contribution in [0, 0.1) is 0 Å². The van der Waals surface area contributed by atoms with E-state index in [2.05, 4.69) is 17.4 Å². The topological polar surface area (TPSA) is 61.7 Å². The molecule has 2 aromatic carbocycles. The smallest absolute Gasteiger partial charge is 0.157 e. The van der Waals surface area contributed by atoms with E-state index in [1.54, 1.807) is 19.2 Å². The zero-order valence-electron chi connectivity index (χ0n) is 11.9. The Balaban J connectivity index is 1.73. The molecule has 4 heteroatoms. The first-order valence-electron chi connectivity index (χ1n) is 7.06. The summed E-state index contributed by atoms with van der Waals surface area (Å²) in [5.41, 5.74) is 2.29. The summed E-state index contributed by atoms with van der Waals surface area (Å²) in [6.45, 7) is 0.862. The van der Waals surface area contributed by atoms with Gasteiger partial charge in [-0.05, 0) is 47.7 Å². The number of ether oxygens (including phenoxy) is 1. The summed E-state index contributed by atoms with van der Waals surface area (Å²) in [5.74, 6) is 1.07. The van der Waals surface area contributed by atoms with Gasteiger partial charge in [-0.15, -0.1) is 0 Å². The lowest BCUT2D eigenvalue weighted by Crippen LogP contribution is -2.13. The third-order valence-electron chi connectivity index (χ3n) is 4.12. The van der Waals surface area contributed by atoms with Crippen molar-refractivity contribution in [2.75, 3.05) is 13.7 Å². The van der Waals surface area contributed by atoms with Crippen LogP contribution >= 0.6 is 0 Å². The molecule has 0 aromatic heterocycles. The summed E-state index contributed by atoms with van der Waals surface area (Å²) in [6, 6.07) is 13.5. The predicted octanol–water partition coefficient (Wildman–Crippen LogP) is 2.92. The molecule has 1 fully saturated rings. The van der Waals surface area contributed by atoms with Crippen molar-refractivity contribution < 1.29 is 14.9 Å². The van der Waals surface area contributed by atoms with Gasteiger partial charge in [0.25, 0.3) is 0 Å². The number of benzene rings is 2. The van der Waals surface area contributed by atoms with Crippen molar-refractivity contribution in [3.8, 4) is 17.2 Å². The quantitative estimate of drug-likeness (QED) is 0.759. The van der Waals surface area contributed by atoms with E-state index in [1.165, 1.54) is 5.56 Å². The van der Waals surface area contributed by atoms with Crippen molar-refractivity contribution in [3.63, 3.8) is 0 Å². The Hall–Kier alpha value is -2.20. The van der Waals surface area contributed by atoms with Gasteiger partial charge >= 0.3 is 0 Å². The van der Waals surface area contributed by atoms with Crippen LogP contribution in [0.2, 0.25) is 0 Å². The SMILES string of the molecule is COc1ccc(C2CC(c3ccc(O)c(O)c3)CN2)cc1. The van der Waals surface area contributed by atoms with Crippen LogP contribution in [0.1, 0.15) is 29.5 Å². The summed E-state index contributed by atoms with van der Waals surface area (Å²) in [6.07, 6.45) is 0.969. The van der Waals surface area contributed by atoms with Crippen molar-refractivity contribution in [2.45, 2.75) is 18.4 Å². The fourth-order valence-electron chi connectivity index (χ4n) is 2.87. The molecule has 0 bridgehead atoms. The zero-order chi connectivity index (χ0) is 14.8. The minimum absolute atomic E-state index is 0.0552. The van der Waals surface area contributed by atoms with Gasteiger partial charge < -0.3 is 20.3 Å². The van der Waals surface area contributed by atoms with Crippen molar-refractivity contribution >= 4 is 0 Å². The van der Waals surface area contributed by atoms with Gasteiger partial charge in [0.1, 0.15) is 5.75 Å². The third kappa shape index (κ3) is 2.81. The summed E-state index contributed by atoms with van der Waals surface area (Å²) < 4.78 is 5.17. The number of rotatable bonds is 3. The van der Waals surface area contributed by atoms with E-state index < -0.39 is 0 Å². The van der Waals surface area contributed by atoms with Crippen LogP contribution in [0.3, 0.4) is 0 Å². The van der Waals surface area contributed by atoms with Gasteiger partial charge in [-0.2, -0.15) is 0 Å². The van der Waals surface area contributed by atoms with Crippen LogP contribution in [-0.4, -0.2) is 23.9 Å². The molecule has 1 aliphatic rings. The lowest BCUT2D eigenvalue weighted by Gasteiger charge is -2.12. The number of phenols is 2. The average molecular weight is 285 g/mol. The van der Waals surface area contributed by atoms with Gasteiger partial charge in [-0.3, -0.25) is 0 Å². The molecule has 2 aromatic rings. The van der Waals surface area contributed by atoms with Crippen LogP contribution in [0.25, 0.3) is 0 Å². The van der Waals surface area contributed by atoms with Crippen LogP contribution in [0.15, 0.2) is 42.5 Å². The van der Waals surface area contributed by atoms with Gasteiger partial charge in [0, 0.05) is 12.6 Å². The molecule has 3 rings (SSSR count). The molecule has 110 valence electrons. The Morgan fingerprint density at radius 2 is 1.71 bits per heavy atom. The molecule has 1 heterocycles. The van der Waals surface area contributed by atoms with Crippen LogP contribution in [0.4, 0.5) is 0 Å². The minimum atomic E-state index is -0.0728. The Morgan fingerprint density at radius 3 is 2.38 bits per heavy atom. The second-order valence-electron chi connectivity index (χ2n) is 5.41. The van der Waals surface area contributed by atoms with Gasteiger partial charge in [0.15, 0.2) is 11.5 Å². The first-order chi connectivity index (χ1) is 10.2. The zero-order valence-corrected chi connectivity index (χ0v) is 11.9. The number of aromatic hydroxyl groups is 2. The largest absolute Gasteiger partial charge is 0.504 e. The summed E-state index contributed by atoms with van der Waals surface area (Å²) in [4.78, 5) is 0. The first kappa shape index (κ1) is 13.8. The standard InChI is InChI=1S/C17H19NO3/c1-21-14-5-2-11(3-6-14)15-8-13(10-18-15)12-4-7-16(19)17(20)9-12/h2-7,9,13,15,18-20H,8,10H2,1H3.